The van der Waals surface area contributed by atoms with Crippen LogP contribution in [-0.4, -0.2) is 19.2 Å². The molecule has 6 heteroatoms. The van der Waals surface area contributed by atoms with Crippen molar-refractivity contribution < 1.29 is 13.9 Å². The van der Waals surface area contributed by atoms with Crippen molar-refractivity contribution in [2.45, 2.75) is 12.5 Å². The average Bonchev–Trinajstić information content (AvgIpc) is 2.47. The molecule has 1 aromatic carbocycles. The van der Waals surface area contributed by atoms with Gasteiger partial charge < -0.3 is 15.2 Å². The Balaban J connectivity index is 2.59. The maximum atomic E-state index is 13.0. The molecule has 1 atom stereocenters. The molecular formula is C15H16BrFN2O2. The summed E-state index contributed by atoms with van der Waals surface area (Å²) >= 11 is 3.44. The molecule has 0 aliphatic heterocycles. The van der Waals surface area contributed by atoms with Gasteiger partial charge in [-0.1, -0.05) is 0 Å². The third-order valence-electron chi connectivity index (χ3n) is 3.30. The zero-order chi connectivity index (χ0) is 15.6. The molecule has 2 N–H and O–H groups in total. The van der Waals surface area contributed by atoms with E-state index in [1.807, 2.05) is 6.07 Å². The van der Waals surface area contributed by atoms with Gasteiger partial charge in [-0.25, -0.2) is 4.39 Å². The second-order valence-electron chi connectivity index (χ2n) is 4.73. The minimum absolute atomic E-state index is 0.405. The fraction of sp³-hybridized carbons (Fsp3) is 0.267. The van der Waals surface area contributed by atoms with Gasteiger partial charge in [0.25, 0.3) is 0 Å². The van der Waals surface area contributed by atoms with Crippen LogP contribution in [0.2, 0.25) is 0 Å². The molecule has 112 valence electrons. The van der Waals surface area contributed by atoms with Crippen LogP contribution in [0.5, 0.6) is 11.5 Å². The summed E-state index contributed by atoms with van der Waals surface area (Å²) in [7, 11) is 3.12. The molecule has 0 saturated carbocycles. The van der Waals surface area contributed by atoms with E-state index >= 15 is 0 Å². The molecule has 0 aliphatic rings. The predicted octanol–water partition coefficient (Wildman–Crippen LogP) is 3.22. The molecule has 2 rings (SSSR count). The molecule has 0 aliphatic carbocycles. The van der Waals surface area contributed by atoms with E-state index in [-0.39, 0.29) is 0 Å². The molecule has 0 saturated heterocycles. The minimum Gasteiger partial charge on any atom is -0.495 e. The second-order valence-corrected chi connectivity index (χ2v) is 5.52. The number of methoxy groups -OCH3 is 2. The van der Waals surface area contributed by atoms with Crippen molar-refractivity contribution in [1.82, 2.24) is 4.98 Å². The van der Waals surface area contributed by atoms with E-state index in [0.717, 1.165) is 11.8 Å². The SMILES string of the molecule is COc1ccc(C(C)(N)c2ccc(F)cn2)c(OC)c1Br. The second kappa shape index (κ2) is 5.99. The summed E-state index contributed by atoms with van der Waals surface area (Å²) in [6.07, 6.45) is 1.14. The lowest BCUT2D eigenvalue weighted by atomic mass is 9.88. The predicted molar refractivity (Wildman–Crippen MR) is 82.1 cm³/mol. The molecule has 0 bridgehead atoms. The normalized spacial score (nSPS) is 13.6. The van der Waals surface area contributed by atoms with E-state index in [9.17, 15) is 4.39 Å². The van der Waals surface area contributed by atoms with Gasteiger partial charge in [-0.05, 0) is 47.1 Å². The molecule has 1 unspecified atom stereocenters. The third kappa shape index (κ3) is 2.87. The van der Waals surface area contributed by atoms with Crippen LogP contribution in [0.25, 0.3) is 0 Å². The van der Waals surface area contributed by atoms with Crippen LogP contribution in [0, 0.1) is 5.82 Å². The summed E-state index contributed by atoms with van der Waals surface area (Å²) in [4.78, 5) is 4.07. The number of nitrogens with two attached hydrogens (primary N) is 1. The maximum absolute atomic E-state index is 13.0. The van der Waals surface area contributed by atoms with Crippen molar-refractivity contribution in [2.24, 2.45) is 5.73 Å². The molecule has 0 fully saturated rings. The van der Waals surface area contributed by atoms with E-state index in [1.165, 1.54) is 6.07 Å². The number of rotatable bonds is 4. The highest BCUT2D eigenvalue weighted by Crippen LogP contribution is 2.42. The van der Waals surface area contributed by atoms with Crippen molar-refractivity contribution >= 4 is 15.9 Å². The Hall–Kier alpha value is -1.66. The van der Waals surface area contributed by atoms with Gasteiger partial charge in [0.1, 0.15) is 21.8 Å². The lowest BCUT2D eigenvalue weighted by molar-refractivity contribution is 0.378. The Bertz CT molecular complexity index is 645. The number of aromatic nitrogens is 1. The minimum atomic E-state index is -0.937. The first-order valence-electron chi connectivity index (χ1n) is 6.23. The first-order chi connectivity index (χ1) is 9.91. The number of hydrogen-bond acceptors (Lipinski definition) is 4. The van der Waals surface area contributed by atoms with Crippen LogP contribution in [-0.2, 0) is 5.54 Å². The van der Waals surface area contributed by atoms with Gasteiger partial charge in [-0.15, -0.1) is 0 Å². The lowest BCUT2D eigenvalue weighted by Crippen LogP contribution is -2.35. The Morgan fingerprint density at radius 1 is 1.19 bits per heavy atom. The molecule has 0 spiro atoms. The fourth-order valence-electron chi connectivity index (χ4n) is 2.13. The Morgan fingerprint density at radius 2 is 1.90 bits per heavy atom. The number of hydrogen-bond donors (Lipinski definition) is 1. The van der Waals surface area contributed by atoms with Crippen LogP contribution in [0.15, 0.2) is 34.9 Å². The van der Waals surface area contributed by atoms with Crippen molar-refractivity contribution in [3.8, 4) is 11.5 Å². The first kappa shape index (κ1) is 15.7. The summed E-state index contributed by atoms with van der Waals surface area (Å²) < 4.78 is 24.4. The van der Waals surface area contributed by atoms with Gasteiger partial charge in [0.05, 0.1) is 31.6 Å². The molecule has 0 radical (unpaired) electrons. The van der Waals surface area contributed by atoms with Crippen molar-refractivity contribution in [3.63, 3.8) is 0 Å². The molecule has 0 amide bonds. The summed E-state index contributed by atoms with van der Waals surface area (Å²) in [6, 6.07) is 6.50. The van der Waals surface area contributed by atoms with Crippen molar-refractivity contribution in [2.75, 3.05) is 14.2 Å². The number of pyridine rings is 1. The number of ether oxygens (including phenoxy) is 2. The Morgan fingerprint density at radius 3 is 2.43 bits per heavy atom. The van der Waals surface area contributed by atoms with Crippen LogP contribution in [0.3, 0.4) is 0 Å². The van der Waals surface area contributed by atoms with Gasteiger partial charge in [-0.3, -0.25) is 4.98 Å². The number of halogens is 2. The van der Waals surface area contributed by atoms with E-state index in [1.54, 1.807) is 33.3 Å². The fourth-order valence-corrected chi connectivity index (χ4v) is 2.79. The molecule has 2 aromatic rings. The number of benzene rings is 1. The zero-order valence-electron chi connectivity index (χ0n) is 12.0. The maximum Gasteiger partial charge on any atom is 0.142 e. The van der Waals surface area contributed by atoms with Gasteiger partial charge in [0, 0.05) is 5.56 Å². The average molecular weight is 355 g/mol. The molecule has 1 aromatic heterocycles. The summed E-state index contributed by atoms with van der Waals surface area (Å²) in [5.74, 6) is 0.793. The molecule has 21 heavy (non-hydrogen) atoms. The van der Waals surface area contributed by atoms with Crippen LogP contribution in [0.1, 0.15) is 18.2 Å². The van der Waals surface area contributed by atoms with Crippen molar-refractivity contribution in [1.29, 1.82) is 0 Å². The molecule has 4 nitrogen and oxygen atoms in total. The quantitative estimate of drug-likeness (QED) is 0.915. The van der Waals surface area contributed by atoms with E-state index in [2.05, 4.69) is 20.9 Å². The van der Waals surface area contributed by atoms with Gasteiger partial charge >= 0.3 is 0 Å². The van der Waals surface area contributed by atoms with Crippen LogP contribution >= 0.6 is 15.9 Å². The highest BCUT2D eigenvalue weighted by Gasteiger charge is 2.30. The topological polar surface area (TPSA) is 57.4 Å². The third-order valence-corrected chi connectivity index (χ3v) is 4.06. The Kier molecular flexibility index (Phi) is 4.49. The van der Waals surface area contributed by atoms with E-state index in [0.29, 0.717) is 21.7 Å². The van der Waals surface area contributed by atoms with Gasteiger partial charge in [-0.2, -0.15) is 0 Å². The molecule has 1 heterocycles. The highest BCUT2D eigenvalue weighted by atomic mass is 79.9. The molecular weight excluding hydrogens is 339 g/mol. The standard InChI is InChI=1S/C15H16BrFN2O2/c1-15(18,12-7-4-9(17)8-19-12)10-5-6-11(20-2)13(16)14(10)21-3/h4-8H,18H2,1-3H3. The van der Waals surface area contributed by atoms with Gasteiger partial charge in [0.2, 0.25) is 0 Å². The smallest absolute Gasteiger partial charge is 0.142 e. The first-order valence-corrected chi connectivity index (χ1v) is 7.03. The van der Waals surface area contributed by atoms with E-state index < -0.39 is 11.4 Å². The summed E-state index contributed by atoms with van der Waals surface area (Å²) in [5.41, 5.74) is 6.74. The van der Waals surface area contributed by atoms with Crippen LogP contribution < -0.4 is 15.2 Å². The largest absolute Gasteiger partial charge is 0.495 e. The van der Waals surface area contributed by atoms with Crippen molar-refractivity contribution in [3.05, 3.63) is 52.0 Å². The number of nitrogens with zero attached hydrogens (tertiary/aromatic N) is 1. The van der Waals surface area contributed by atoms with E-state index in [4.69, 9.17) is 15.2 Å². The Labute approximate surface area is 131 Å². The summed E-state index contributed by atoms with van der Waals surface area (Å²) in [5, 5.41) is 0. The highest BCUT2D eigenvalue weighted by molar-refractivity contribution is 9.10. The summed E-state index contributed by atoms with van der Waals surface area (Å²) in [6.45, 7) is 1.80. The van der Waals surface area contributed by atoms with Gasteiger partial charge in [0.15, 0.2) is 0 Å². The zero-order valence-corrected chi connectivity index (χ0v) is 13.6. The van der Waals surface area contributed by atoms with Crippen LogP contribution in [0.4, 0.5) is 4.39 Å². The monoisotopic (exact) mass is 354 g/mol. The lowest BCUT2D eigenvalue weighted by Gasteiger charge is -2.27.